The molecular formula is C23H36N3O3+. The second kappa shape index (κ2) is 9.61. The van der Waals surface area contributed by atoms with E-state index < -0.39 is 0 Å². The molecule has 3 rings (SSSR count). The van der Waals surface area contributed by atoms with E-state index in [1.807, 2.05) is 18.2 Å². The molecule has 2 aliphatic rings. The number of rotatable bonds is 6. The number of fused-ring (bicyclic) bond motifs is 1. The van der Waals surface area contributed by atoms with E-state index in [0.29, 0.717) is 18.0 Å². The number of likely N-dealkylation sites (tertiary alicyclic amines) is 1. The zero-order valence-corrected chi connectivity index (χ0v) is 18.2. The quantitative estimate of drug-likeness (QED) is 0.712. The Morgan fingerprint density at radius 3 is 2.59 bits per heavy atom. The Morgan fingerprint density at radius 1 is 1.17 bits per heavy atom. The molecule has 0 spiro atoms. The van der Waals surface area contributed by atoms with Crippen LogP contribution in [0.1, 0.15) is 58.4 Å². The Hall–Kier alpha value is -2.08. The maximum Gasteiger partial charge on any atom is 0.265 e. The monoisotopic (exact) mass is 402 g/mol. The van der Waals surface area contributed by atoms with Gasteiger partial charge in [0.2, 0.25) is 5.91 Å². The minimum absolute atomic E-state index is 0.0204. The molecule has 2 amide bonds. The van der Waals surface area contributed by atoms with E-state index in [1.165, 1.54) is 38.8 Å². The zero-order valence-electron chi connectivity index (χ0n) is 18.2. The lowest BCUT2D eigenvalue weighted by atomic mass is 9.86. The molecule has 0 aromatic heterocycles. The smallest absolute Gasteiger partial charge is 0.265 e. The summed E-state index contributed by atoms with van der Waals surface area (Å²) in [6.45, 7) is 10.7. The summed E-state index contributed by atoms with van der Waals surface area (Å²) in [4.78, 5) is 28.2. The van der Waals surface area contributed by atoms with Crippen molar-refractivity contribution < 1.29 is 19.2 Å². The number of nitrogens with one attached hydrogen (secondary N) is 2. The lowest BCUT2D eigenvalue weighted by Crippen LogP contribution is -3.11. The SMILES string of the molecule is CC(C)(C)c1ccc2c(c1)N(CC(=O)NCCC[NH+]1CCCCCC1)C(=O)CO2. The van der Waals surface area contributed by atoms with E-state index in [0.717, 1.165) is 18.5 Å². The number of ether oxygens (including phenoxy) is 1. The van der Waals surface area contributed by atoms with Crippen molar-refractivity contribution in [2.24, 2.45) is 0 Å². The zero-order chi connectivity index (χ0) is 20.9. The largest absolute Gasteiger partial charge is 0.482 e. The van der Waals surface area contributed by atoms with Crippen LogP contribution in [0, 0.1) is 0 Å². The van der Waals surface area contributed by atoms with Crippen LogP contribution in [0.3, 0.4) is 0 Å². The fraction of sp³-hybridized carbons (Fsp3) is 0.652. The number of hydrogen-bond acceptors (Lipinski definition) is 3. The molecule has 1 fully saturated rings. The van der Waals surface area contributed by atoms with E-state index in [-0.39, 0.29) is 30.4 Å². The predicted octanol–water partition coefficient (Wildman–Crippen LogP) is 1.67. The third-order valence-electron chi connectivity index (χ3n) is 5.91. The molecule has 6 heteroatoms. The molecule has 2 heterocycles. The van der Waals surface area contributed by atoms with E-state index in [9.17, 15) is 9.59 Å². The summed E-state index contributed by atoms with van der Waals surface area (Å²) < 4.78 is 5.57. The summed E-state index contributed by atoms with van der Waals surface area (Å²) in [7, 11) is 0. The minimum Gasteiger partial charge on any atom is -0.482 e. The van der Waals surface area contributed by atoms with Gasteiger partial charge in [0, 0.05) is 13.0 Å². The number of quaternary nitrogens is 1. The van der Waals surface area contributed by atoms with Gasteiger partial charge < -0.3 is 15.0 Å². The highest BCUT2D eigenvalue weighted by molar-refractivity contribution is 6.02. The summed E-state index contributed by atoms with van der Waals surface area (Å²) in [5.74, 6) is 0.376. The van der Waals surface area contributed by atoms with Crippen molar-refractivity contribution >= 4 is 17.5 Å². The number of carbonyl (C=O) groups excluding carboxylic acids is 2. The molecule has 0 radical (unpaired) electrons. The van der Waals surface area contributed by atoms with Crippen LogP contribution >= 0.6 is 0 Å². The Labute approximate surface area is 174 Å². The van der Waals surface area contributed by atoms with Crippen LogP contribution in [0.15, 0.2) is 18.2 Å². The van der Waals surface area contributed by atoms with Crippen LogP contribution in [-0.4, -0.2) is 51.1 Å². The van der Waals surface area contributed by atoms with Gasteiger partial charge in [0.15, 0.2) is 6.61 Å². The average Bonchev–Trinajstić information content (AvgIpc) is 2.95. The van der Waals surface area contributed by atoms with Crippen molar-refractivity contribution in [2.45, 2.75) is 58.3 Å². The van der Waals surface area contributed by atoms with Gasteiger partial charge in [-0.1, -0.05) is 26.8 Å². The summed E-state index contributed by atoms with van der Waals surface area (Å²) >= 11 is 0. The highest BCUT2D eigenvalue weighted by Crippen LogP contribution is 2.36. The molecule has 2 N–H and O–H groups in total. The van der Waals surface area contributed by atoms with Crippen molar-refractivity contribution in [3.63, 3.8) is 0 Å². The van der Waals surface area contributed by atoms with E-state index in [1.54, 1.807) is 9.80 Å². The van der Waals surface area contributed by atoms with Crippen LogP contribution < -0.4 is 19.9 Å². The van der Waals surface area contributed by atoms with E-state index in [4.69, 9.17) is 4.74 Å². The number of benzene rings is 1. The third kappa shape index (κ3) is 5.95. The normalized spacial score (nSPS) is 18.0. The molecule has 0 bridgehead atoms. The van der Waals surface area contributed by atoms with E-state index in [2.05, 4.69) is 26.1 Å². The summed E-state index contributed by atoms with van der Waals surface area (Å²) in [5, 5.41) is 2.99. The summed E-state index contributed by atoms with van der Waals surface area (Å²) in [6, 6.07) is 5.90. The highest BCUT2D eigenvalue weighted by atomic mass is 16.5. The van der Waals surface area contributed by atoms with Gasteiger partial charge in [-0.2, -0.15) is 0 Å². The number of carbonyl (C=O) groups is 2. The fourth-order valence-corrected chi connectivity index (χ4v) is 4.09. The topological polar surface area (TPSA) is 63.1 Å². The average molecular weight is 403 g/mol. The molecule has 0 saturated carbocycles. The van der Waals surface area contributed by atoms with Gasteiger partial charge in [0.1, 0.15) is 12.3 Å². The van der Waals surface area contributed by atoms with Crippen molar-refractivity contribution in [3.8, 4) is 5.75 Å². The van der Waals surface area contributed by atoms with Gasteiger partial charge in [0.25, 0.3) is 5.91 Å². The van der Waals surface area contributed by atoms with Gasteiger partial charge >= 0.3 is 0 Å². The van der Waals surface area contributed by atoms with E-state index >= 15 is 0 Å². The fourth-order valence-electron chi connectivity index (χ4n) is 4.09. The van der Waals surface area contributed by atoms with Crippen LogP contribution in [0.25, 0.3) is 0 Å². The molecule has 6 nitrogen and oxygen atoms in total. The molecule has 1 aromatic carbocycles. The highest BCUT2D eigenvalue weighted by Gasteiger charge is 2.29. The number of nitrogens with zero attached hydrogens (tertiary/aromatic N) is 1. The maximum absolute atomic E-state index is 12.5. The second-order valence-electron chi connectivity index (χ2n) is 9.32. The molecule has 29 heavy (non-hydrogen) atoms. The summed E-state index contributed by atoms with van der Waals surface area (Å²) in [6.07, 6.45) is 6.31. The first-order valence-electron chi connectivity index (χ1n) is 11.0. The maximum atomic E-state index is 12.5. The third-order valence-corrected chi connectivity index (χ3v) is 5.91. The van der Waals surface area contributed by atoms with Crippen LogP contribution in [0.2, 0.25) is 0 Å². The van der Waals surface area contributed by atoms with Crippen molar-refractivity contribution in [3.05, 3.63) is 23.8 Å². The number of anilines is 1. The molecule has 0 aliphatic carbocycles. The molecule has 1 aromatic rings. The Bertz CT molecular complexity index is 719. The van der Waals surface area contributed by atoms with Crippen molar-refractivity contribution in [1.29, 1.82) is 0 Å². The van der Waals surface area contributed by atoms with Crippen molar-refractivity contribution in [2.75, 3.05) is 44.2 Å². The predicted molar refractivity (Wildman–Crippen MR) is 115 cm³/mol. The molecule has 0 atom stereocenters. The number of amides is 2. The molecular weight excluding hydrogens is 366 g/mol. The first-order chi connectivity index (χ1) is 13.8. The summed E-state index contributed by atoms with van der Waals surface area (Å²) in [5.41, 5.74) is 1.76. The lowest BCUT2D eigenvalue weighted by molar-refractivity contribution is -0.899. The molecule has 2 aliphatic heterocycles. The Morgan fingerprint density at radius 2 is 1.90 bits per heavy atom. The lowest BCUT2D eigenvalue weighted by Gasteiger charge is -2.31. The van der Waals surface area contributed by atoms with Gasteiger partial charge in [-0.15, -0.1) is 0 Å². The van der Waals surface area contributed by atoms with Gasteiger partial charge in [0.05, 0.1) is 25.3 Å². The Balaban J connectivity index is 1.54. The Kier molecular flexibility index (Phi) is 7.17. The second-order valence-corrected chi connectivity index (χ2v) is 9.32. The molecule has 0 unspecified atom stereocenters. The first-order valence-corrected chi connectivity index (χ1v) is 11.0. The van der Waals surface area contributed by atoms with Gasteiger partial charge in [-0.05, 0) is 48.8 Å². The number of hydrogen-bond donors (Lipinski definition) is 2. The van der Waals surface area contributed by atoms with Gasteiger partial charge in [-0.25, -0.2) is 0 Å². The van der Waals surface area contributed by atoms with Crippen LogP contribution in [0.4, 0.5) is 5.69 Å². The van der Waals surface area contributed by atoms with Crippen LogP contribution in [0.5, 0.6) is 5.75 Å². The molecule has 1 saturated heterocycles. The van der Waals surface area contributed by atoms with Crippen LogP contribution in [-0.2, 0) is 15.0 Å². The first kappa shape index (κ1) is 21.6. The standard InChI is InChI=1S/C23H35N3O3/c1-23(2,3)18-9-10-20-19(15-18)26(22(28)17-29-20)16-21(27)24-11-8-14-25-12-6-4-5-7-13-25/h9-10,15H,4-8,11-14,16-17H2,1-3H3,(H,24,27)/p+1. The van der Waals surface area contributed by atoms with Crippen molar-refractivity contribution in [1.82, 2.24) is 5.32 Å². The minimum atomic E-state index is -0.173. The molecule has 160 valence electrons. The van der Waals surface area contributed by atoms with Gasteiger partial charge in [-0.3, -0.25) is 14.5 Å².